The van der Waals surface area contributed by atoms with Crippen LogP contribution in [0.4, 0.5) is 4.39 Å². The minimum atomic E-state index is -1.23. The van der Waals surface area contributed by atoms with Crippen molar-refractivity contribution >= 4 is 0 Å². The van der Waals surface area contributed by atoms with Crippen LogP contribution in [-0.2, 0) is 4.74 Å². The zero-order valence-electron chi connectivity index (χ0n) is 17.0. The second-order valence-corrected chi connectivity index (χ2v) is 7.77. The number of alkyl halides is 1. The molecule has 3 heteroatoms. The number of nitrogens with zero attached hydrogens (tertiary/aromatic N) is 1. The highest BCUT2D eigenvalue weighted by molar-refractivity contribution is 5.11. The fourth-order valence-electron chi connectivity index (χ4n) is 4.73. The van der Waals surface area contributed by atoms with E-state index in [1.165, 1.54) is 0 Å². The van der Waals surface area contributed by atoms with Crippen LogP contribution in [0.15, 0.2) is 0 Å². The lowest BCUT2D eigenvalue weighted by Gasteiger charge is -2.54. The van der Waals surface area contributed by atoms with Gasteiger partial charge in [0.1, 0.15) is 0 Å². The SMILES string of the molecule is CCCCN(C)C(CCC)(CCCC)C(F)(CCC)C1CCCO1. The van der Waals surface area contributed by atoms with E-state index in [0.717, 1.165) is 77.4 Å². The highest BCUT2D eigenvalue weighted by Crippen LogP contribution is 2.48. The summed E-state index contributed by atoms with van der Waals surface area (Å²) in [6, 6.07) is 0. The summed E-state index contributed by atoms with van der Waals surface area (Å²) < 4.78 is 22.8. The van der Waals surface area contributed by atoms with Crippen LogP contribution in [0, 0.1) is 0 Å². The van der Waals surface area contributed by atoms with Crippen molar-refractivity contribution in [1.82, 2.24) is 4.90 Å². The van der Waals surface area contributed by atoms with Gasteiger partial charge in [0.15, 0.2) is 5.67 Å². The lowest BCUT2D eigenvalue weighted by molar-refractivity contribution is -0.138. The van der Waals surface area contributed by atoms with Crippen LogP contribution in [0.1, 0.15) is 98.3 Å². The molecular formula is C21H42FNO. The largest absolute Gasteiger partial charge is 0.375 e. The molecule has 0 bridgehead atoms. The lowest BCUT2D eigenvalue weighted by Crippen LogP contribution is -2.65. The first-order chi connectivity index (χ1) is 11.5. The van der Waals surface area contributed by atoms with E-state index in [1.807, 2.05) is 0 Å². The molecule has 2 nitrogen and oxygen atoms in total. The summed E-state index contributed by atoms with van der Waals surface area (Å²) in [5.74, 6) is 0. The average Bonchev–Trinajstić information content (AvgIpc) is 3.11. The molecule has 0 aromatic carbocycles. The van der Waals surface area contributed by atoms with Gasteiger partial charge in [0.25, 0.3) is 0 Å². The summed E-state index contributed by atoms with van der Waals surface area (Å²) >= 11 is 0. The van der Waals surface area contributed by atoms with Crippen molar-refractivity contribution in [2.45, 2.75) is 116 Å². The van der Waals surface area contributed by atoms with Gasteiger partial charge in [0, 0.05) is 6.61 Å². The third kappa shape index (κ3) is 4.72. The van der Waals surface area contributed by atoms with Crippen LogP contribution >= 0.6 is 0 Å². The Kier molecular flexibility index (Phi) is 9.81. The molecule has 1 rings (SSSR count). The average molecular weight is 344 g/mol. The second-order valence-electron chi connectivity index (χ2n) is 7.77. The Morgan fingerprint density at radius 3 is 2.12 bits per heavy atom. The maximum absolute atomic E-state index is 16.8. The van der Waals surface area contributed by atoms with Crippen molar-refractivity contribution in [3.8, 4) is 0 Å². The van der Waals surface area contributed by atoms with Gasteiger partial charge in [-0.15, -0.1) is 0 Å². The van der Waals surface area contributed by atoms with Crippen molar-refractivity contribution in [2.75, 3.05) is 20.2 Å². The van der Waals surface area contributed by atoms with Crippen molar-refractivity contribution in [1.29, 1.82) is 0 Å². The van der Waals surface area contributed by atoms with Gasteiger partial charge in [-0.1, -0.05) is 59.8 Å². The first-order valence-corrected chi connectivity index (χ1v) is 10.5. The molecule has 0 spiro atoms. The Balaban J connectivity index is 3.25. The quantitative estimate of drug-likeness (QED) is 0.398. The van der Waals surface area contributed by atoms with E-state index in [9.17, 15) is 0 Å². The predicted octanol–water partition coefficient (Wildman–Crippen LogP) is 6.13. The zero-order valence-corrected chi connectivity index (χ0v) is 17.0. The molecule has 1 fully saturated rings. The third-order valence-electron chi connectivity index (χ3n) is 6.01. The smallest absolute Gasteiger partial charge is 0.155 e. The van der Waals surface area contributed by atoms with Crippen LogP contribution in [0.2, 0.25) is 0 Å². The summed E-state index contributed by atoms with van der Waals surface area (Å²) in [4.78, 5) is 2.38. The molecule has 1 aliphatic rings. The third-order valence-corrected chi connectivity index (χ3v) is 6.01. The van der Waals surface area contributed by atoms with Gasteiger partial charge < -0.3 is 4.74 Å². The van der Waals surface area contributed by atoms with Crippen molar-refractivity contribution in [3.63, 3.8) is 0 Å². The first kappa shape index (κ1) is 21.9. The number of rotatable bonds is 13. The van der Waals surface area contributed by atoms with Crippen molar-refractivity contribution in [2.24, 2.45) is 0 Å². The van der Waals surface area contributed by atoms with Crippen LogP contribution < -0.4 is 0 Å². The van der Waals surface area contributed by atoms with Gasteiger partial charge in [0.05, 0.1) is 11.6 Å². The van der Waals surface area contributed by atoms with Gasteiger partial charge in [-0.2, -0.15) is 0 Å². The number of hydrogen-bond donors (Lipinski definition) is 0. The van der Waals surface area contributed by atoms with E-state index in [4.69, 9.17) is 4.74 Å². The number of unbranched alkanes of at least 4 members (excludes halogenated alkanes) is 2. The topological polar surface area (TPSA) is 12.5 Å². The van der Waals surface area contributed by atoms with Crippen molar-refractivity contribution < 1.29 is 9.13 Å². The maximum Gasteiger partial charge on any atom is 0.155 e. The number of hydrogen-bond acceptors (Lipinski definition) is 2. The Hall–Kier alpha value is -0.150. The normalized spacial score (nSPS) is 23.4. The fourth-order valence-corrected chi connectivity index (χ4v) is 4.73. The molecule has 0 aromatic rings. The van der Waals surface area contributed by atoms with Crippen LogP contribution in [-0.4, -0.2) is 42.4 Å². The standard InChI is InChI=1S/C21H42FNO/c1-6-10-16-20(14-8-3,23(5)17-11-7-2)21(22,15-9-4)19-13-12-18-24-19/h19H,6-18H2,1-5H3. The molecule has 1 aliphatic heterocycles. The molecule has 3 atom stereocenters. The van der Waals surface area contributed by atoms with Crippen LogP contribution in [0.5, 0.6) is 0 Å². The lowest BCUT2D eigenvalue weighted by atomic mass is 9.67. The fraction of sp³-hybridized carbons (Fsp3) is 1.00. The van der Waals surface area contributed by atoms with Crippen LogP contribution in [0.25, 0.3) is 0 Å². The maximum atomic E-state index is 16.8. The highest BCUT2D eigenvalue weighted by atomic mass is 19.1. The minimum Gasteiger partial charge on any atom is -0.375 e. The van der Waals surface area contributed by atoms with Gasteiger partial charge in [-0.3, -0.25) is 4.90 Å². The first-order valence-electron chi connectivity index (χ1n) is 10.5. The van der Waals surface area contributed by atoms with Gasteiger partial charge in [0.2, 0.25) is 0 Å². The molecular weight excluding hydrogens is 301 g/mol. The molecule has 3 unspecified atom stereocenters. The summed E-state index contributed by atoms with van der Waals surface area (Å²) in [6.07, 6.45) is 10.6. The molecule has 0 amide bonds. The summed E-state index contributed by atoms with van der Waals surface area (Å²) in [6.45, 7) is 10.5. The molecule has 0 saturated carbocycles. The van der Waals surface area contributed by atoms with E-state index in [2.05, 4.69) is 39.6 Å². The molecule has 0 N–H and O–H groups in total. The molecule has 144 valence electrons. The Labute approximate surface area is 150 Å². The van der Waals surface area contributed by atoms with E-state index < -0.39 is 5.67 Å². The highest BCUT2D eigenvalue weighted by Gasteiger charge is 2.58. The molecule has 0 aliphatic carbocycles. The monoisotopic (exact) mass is 343 g/mol. The van der Waals surface area contributed by atoms with E-state index >= 15 is 4.39 Å². The Bertz CT molecular complexity index is 332. The van der Waals surface area contributed by atoms with E-state index in [0.29, 0.717) is 6.42 Å². The predicted molar refractivity (Wildman–Crippen MR) is 102 cm³/mol. The second kappa shape index (κ2) is 10.8. The minimum absolute atomic E-state index is 0.218. The van der Waals surface area contributed by atoms with E-state index in [1.54, 1.807) is 0 Å². The van der Waals surface area contributed by atoms with Crippen LogP contribution in [0.3, 0.4) is 0 Å². The van der Waals surface area contributed by atoms with Gasteiger partial charge in [-0.05, 0) is 52.1 Å². The Morgan fingerprint density at radius 1 is 0.958 bits per heavy atom. The van der Waals surface area contributed by atoms with E-state index in [-0.39, 0.29) is 11.6 Å². The summed E-state index contributed by atoms with van der Waals surface area (Å²) in [7, 11) is 2.17. The van der Waals surface area contributed by atoms with Gasteiger partial charge in [-0.25, -0.2) is 4.39 Å². The molecule has 0 radical (unpaired) electrons. The van der Waals surface area contributed by atoms with Crippen molar-refractivity contribution in [3.05, 3.63) is 0 Å². The molecule has 1 heterocycles. The number of ether oxygens (including phenoxy) is 1. The number of halogens is 1. The summed E-state index contributed by atoms with van der Waals surface area (Å²) in [5.41, 5.74) is -1.61. The molecule has 24 heavy (non-hydrogen) atoms. The zero-order chi connectivity index (χ0) is 18.1. The van der Waals surface area contributed by atoms with Gasteiger partial charge >= 0.3 is 0 Å². The summed E-state index contributed by atoms with van der Waals surface area (Å²) in [5, 5.41) is 0. The molecule has 0 aromatic heterocycles. The Morgan fingerprint density at radius 2 is 1.62 bits per heavy atom. The molecule has 1 saturated heterocycles.